The Bertz CT molecular complexity index is 559. The van der Waals surface area contributed by atoms with Gasteiger partial charge in [0.05, 0.1) is 18.8 Å². The quantitative estimate of drug-likeness (QED) is 0.773. The average Bonchev–Trinajstić information content (AvgIpc) is 2.86. The van der Waals surface area contributed by atoms with Crippen molar-refractivity contribution in [1.82, 2.24) is 15.1 Å². The number of ether oxygens (including phenoxy) is 1. The van der Waals surface area contributed by atoms with Crippen LogP contribution >= 0.6 is 27.5 Å². The van der Waals surface area contributed by atoms with Gasteiger partial charge in [-0.3, -0.25) is 4.68 Å². The maximum absolute atomic E-state index is 6.21. The highest BCUT2D eigenvalue weighted by molar-refractivity contribution is 9.10. The summed E-state index contributed by atoms with van der Waals surface area (Å²) in [7, 11) is 1.69. The van der Waals surface area contributed by atoms with Gasteiger partial charge in [0.25, 0.3) is 0 Å². The summed E-state index contributed by atoms with van der Waals surface area (Å²) in [6.45, 7) is 2.94. The summed E-state index contributed by atoms with van der Waals surface area (Å²) in [6.07, 6.45) is 1.96. The van der Waals surface area contributed by atoms with Crippen LogP contribution in [0, 0.1) is 0 Å². The summed E-state index contributed by atoms with van der Waals surface area (Å²) in [5.41, 5.74) is 2.06. The Hall–Kier alpha value is -0.880. The van der Waals surface area contributed by atoms with E-state index < -0.39 is 0 Å². The topological polar surface area (TPSA) is 39.1 Å². The third-order valence-corrected chi connectivity index (χ3v) is 3.68. The van der Waals surface area contributed by atoms with Crippen molar-refractivity contribution in [1.29, 1.82) is 0 Å². The fourth-order valence-electron chi connectivity index (χ4n) is 1.80. The Morgan fingerprint density at radius 2 is 2.25 bits per heavy atom. The second-order valence-corrected chi connectivity index (χ2v) is 5.73. The van der Waals surface area contributed by atoms with Crippen molar-refractivity contribution in [2.75, 3.05) is 20.3 Å². The van der Waals surface area contributed by atoms with Crippen molar-refractivity contribution < 1.29 is 4.74 Å². The van der Waals surface area contributed by atoms with Crippen molar-refractivity contribution in [2.24, 2.45) is 0 Å². The molecule has 0 radical (unpaired) electrons. The molecule has 0 saturated carbocycles. The summed E-state index contributed by atoms with van der Waals surface area (Å²) in [5, 5.41) is 8.52. The van der Waals surface area contributed by atoms with Crippen molar-refractivity contribution in [3.05, 3.63) is 51.2 Å². The Balaban J connectivity index is 1.92. The van der Waals surface area contributed by atoms with E-state index in [-0.39, 0.29) is 0 Å². The fourth-order valence-corrected chi connectivity index (χ4v) is 2.53. The second kappa shape index (κ2) is 7.78. The molecule has 0 aliphatic heterocycles. The van der Waals surface area contributed by atoms with Crippen LogP contribution in [0.1, 0.15) is 11.3 Å². The summed E-state index contributed by atoms with van der Waals surface area (Å²) in [5.74, 6) is 0. The maximum Gasteiger partial charge on any atom is 0.0762 e. The molecule has 0 unspecified atom stereocenters. The van der Waals surface area contributed by atoms with Gasteiger partial charge < -0.3 is 10.1 Å². The zero-order valence-corrected chi connectivity index (χ0v) is 13.6. The number of hydrogen-bond acceptors (Lipinski definition) is 3. The molecule has 0 saturated heterocycles. The summed E-state index contributed by atoms with van der Waals surface area (Å²) in [4.78, 5) is 0. The van der Waals surface area contributed by atoms with Crippen LogP contribution in [0.25, 0.3) is 0 Å². The molecule has 108 valence electrons. The molecule has 0 bridgehead atoms. The first-order valence-electron chi connectivity index (χ1n) is 6.35. The normalized spacial score (nSPS) is 10.9. The lowest BCUT2D eigenvalue weighted by Crippen LogP contribution is -2.19. The highest BCUT2D eigenvalue weighted by Gasteiger charge is 2.04. The predicted octanol–water partition coefficient (Wildman–Crippen LogP) is 3.08. The van der Waals surface area contributed by atoms with Gasteiger partial charge >= 0.3 is 0 Å². The number of nitrogens with zero attached hydrogens (tertiary/aromatic N) is 2. The van der Waals surface area contributed by atoms with E-state index in [0.29, 0.717) is 13.2 Å². The first-order chi connectivity index (χ1) is 9.69. The van der Waals surface area contributed by atoms with Crippen molar-refractivity contribution in [2.45, 2.75) is 13.1 Å². The molecule has 4 nitrogen and oxygen atoms in total. The molecule has 0 aliphatic carbocycles. The third kappa shape index (κ3) is 4.59. The molecule has 1 heterocycles. The van der Waals surface area contributed by atoms with E-state index in [9.17, 15) is 0 Å². The summed E-state index contributed by atoms with van der Waals surface area (Å²) < 4.78 is 7.85. The minimum atomic E-state index is 0.671. The SMILES string of the molecule is COCCNCc1ccn(Cc2ccc(Br)cc2Cl)n1. The third-order valence-electron chi connectivity index (χ3n) is 2.83. The van der Waals surface area contributed by atoms with E-state index in [1.165, 1.54) is 0 Å². The van der Waals surface area contributed by atoms with Gasteiger partial charge in [0.15, 0.2) is 0 Å². The molecule has 1 N–H and O–H groups in total. The molecule has 0 spiro atoms. The zero-order valence-electron chi connectivity index (χ0n) is 11.3. The molecular weight excluding hydrogens is 342 g/mol. The molecular formula is C14H17BrClN3O. The second-order valence-electron chi connectivity index (χ2n) is 4.41. The van der Waals surface area contributed by atoms with Gasteiger partial charge in [-0.1, -0.05) is 33.6 Å². The van der Waals surface area contributed by atoms with Crippen LogP contribution in [0.15, 0.2) is 34.9 Å². The minimum absolute atomic E-state index is 0.671. The van der Waals surface area contributed by atoms with Crippen molar-refractivity contribution >= 4 is 27.5 Å². The molecule has 20 heavy (non-hydrogen) atoms. The van der Waals surface area contributed by atoms with Gasteiger partial charge in [0.2, 0.25) is 0 Å². The predicted molar refractivity (Wildman–Crippen MR) is 84.1 cm³/mol. The summed E-state index contributed by atoms with van der Waals surface area (Å²) in [6, 6.07) is 7.89. The number of hydrogen-bond donors (Lipinski definition) is 1. The van der Waals surface area contributed by atoms with Gasteiger partial charge in [-0.15, -0.1) is 0 Å². The lowest BCUT2D eigenvalue weighted by molar-refractivity contribution is 0.199. The Morgan fingerprint density at radius 3 is 3.00 bits per heavy atom. The maximum atomic E-state index is 6.21. The van der Waals surface area contributed by atoms with E-state index in [2.05, 4.69) is 26.3 Å². The number of halogens is 2. The van der Waals surface area contributed by atoms with Gasteiger partial charge in [-0.25, -0.2) is 0 Å². The Labute approximate surface area is 132 Å². The largest absolute Gasteiger partial charge is 0.383 e. The first kappa shape index (κ1) is 15.5. The highest BCUT2D eigenvalue weighted by Crippen LogP contribution is 2.21. The lowest BCUT2D eigenvalue weighted by atomic mass is 10.2. The smallest absolute Gasteiger partial charge is 0.0762 e. The van der Waals surface area contributed by atoms with Crippen LogP contribution in [0.3, 0.4) is 0 Å². The summed E-state index contributed by atoms with van der Waals surface area (Å²) >= 11 is 9.61. The van der Waals surface area contributed by atoms with Crippen LogP contribution in [-0.2, 0) is 17.8 Å². The molecule has 1 aromatic heterocycles. The number of rotatable bonds is 7. The van der Waals surface area contributed by atoms with Gasteiger partial charge in [-0.05, 0) is 23.8 Å². The molecule has 0 aliphatic rings. The van der Waals surface area contributed by atoms with E-state index in [1.807, 2.05) is 35.1 Å². The molecule has 2 rings (SSSR count). The number of methoxy groups -OCH3 is 1. The number of aromatic nitrogens is 2. The van der Waals surface area contributed by atoms with E-state index in [4.69, 9.17) is 16.3 Å². The van der Waals surface area contributed by atoms with Crippen LogP contribution in [-0.4, -0.2) is 30.0 Å². The molecule has 2 aromatic rings. The van der Waals surface area contributed by atoms with E-state index in [1.54, 1.807) is 7.11 Å². The van der Waals surface area contributed by atoms with Crippen molar-refractivity contribution in [3.63, 3.8) is 0 Å². The molecule has 0 atom stereocenters. The van der Waals surface area contributed by atoms with Gasteiger partial charge in [-0.2, -0.15) is 5.10 Å². The van der Waals surface area contributed by atoms with Crippen LogP contribution in [0.5, 0.6) is 0 Å². The first-order valence-corrected chi connectivity index (χ1v) is 7.52. The van der Waals surface area contributed by atoms with Crippen LogP contribution < -0.4 is 5.32 Å². The van der Waals surface area contributed by atoms with Gasteiger partial charge in [0, 0.05) is 35.9 Å². The van der Waals surface area contributed by atoms with E-state index in [0.717, 1.165) is 33.8 Å². The minimum Gasteiger partial charge on any atom is -0.383 e. The Morgan fingerprint density at radius 1 is 1.40 bits per heavy atom. The number of benzene rings is 1. The van der Waals surface area contributed by atoms with Gasteiger partial charge in [0.1, 0.15) is 0 Å². The van der Waals surface area contributed by atoms with E-state index >= 15 is 0 Å². The Kier molecular flexibility index (Phi) is 6.04. The molecule has 6 heteroatoms. The lowest BCUT2D eigenvalue weighted by Gasteiger charge is -2.05. The van der Waals surface area contributed by atoms with Crippen molar-refractivity contribution in [3.8, 4) is 0 Å². The highest BCUT2D eigenvalue weighted by atomic mass is 79.9. The fraction of sp³-hybridized carbons (Fsp3) is 0.357. The monoisotopic (exact) mass is 357 g/mol. The standard InChI is InChI=1S/C14H17BrClN3O/c1-20-7-5-17-9-13-4-6-19(18-13)10-11-2-3-12(15)8-14(11)16/h2-4,6,8,17H,5,7,9-10H2,1H3. The molecule has 0 amide bonds. The number of nitrogens with one attached hydrogen (secondary N) is 1. The average molecular weight is 359 g/mol. The zero-order chi connectivity index (χ0) is 14.4. The molecule has 0 fully saturated rings. The molecule has 1 aromatic carbocycles. The van der Waals surface area contributed by atoms with Crippen LogP contribution in [0.2, 0.25) is 5.02 Å². The van der Waals surface area contributed by atoms with Crippen LogP contribution in [0.4, 0.5) is 0 Å².